The maximum absolute atomic E-state index is 12.5. The molecule has 0 aliphatic carbocycles. The van der Waals surface area contributed by atoms with Gasteiger partial charge in [0.05, 0.1) is 5.41 Å². The second-order valence-corrected chi connectivity index (χ2v) is 7.17. The number of carbonyl (C=O) groups excluding carboxylic acids is 1. The van der Waals surface area contributed by atoms with E-state index in [-0.39, 0.29) is 11.8 Å². The van der Waals surface area contributed by atoms with Gasteiger partial charge in [-0.15, -0.1) is 11.6 Å². The molecule has 0 radical (unpaired) electrons. The first-order chi connectivity index (χ1) is 11.5. The first-order valence-corrected chi connectivity index (χ1v) is 8.79. The molecule has 0 unspecified atom stereocenters. The molecule has 1 fully saturated rings. The van der Waals surface area contributed by atoms with Crippen LogP contribution in [0, 0.1) is 5.41 Å². The van der Waals surface area contributed by atoms with E-state index in [2.05, 4.69) is 10.1 Å². The molecule has 128 valence electrons. The molecule has 1 aliphatic heterocycles. The molecule has 0 N–H and O–H groups in total. The van der Waals surface area contributed by atoms with E-state index in [9.17, 15) is 4.79 Å². The maximum atomic E-state index is 12.5. The maximum Gasteiger partial charge on any atom is 0.230 e. The zero-order chi connectivity index (χ0) is 17.2. The summed E-state index contributed by atoms with van der Waals surface area (Å²) in [6, 6.07) is 9.79. The lowest BCUT2D eigenvalue weighted by Crippen LogP contribution is -2.45. The van der Waals surface area contributed by atoms with Gasteiger partial charge in [-0.25, -0.2) is 0 Å². The summed E-state index contributed by atoms with van der Waals surface area (Å²) < 4.78 is 5.46. The molecule has 3 rings (SSSR count). The largest absolute Gasteiger partial charge is 0.342 e. The Balaban J connectivity index is 1.63. The second-order valence-electron chi connectivity index (χ2n) is 6.91. The van der Waals surface area contributed by atoms with Gasteiger partial charge in [0.2, 0.25) is 17.6 Å². The van der Waals surface area contributed by atoms with Crippen molar-refractivity contribution in [1.82, 2.24) is 15.0 Å². The molecule has 1 aliphatic rings. The monoisotopic (exact) mass is 347 g/mol. The van der Waals surface area contributed by atoms with Gasteiger partial charge in [0, 0.05) is 30.5 Å². The highest BCUT2D eigenvalue weighted by atomic mass is 35.5. The van der Waals surface area contributed by atoms with Gasteiger partial charge in [-0.05, 0) is 26.7 Å². The van der Waals surface area contributed by atoms with E-state index < -0.39 is 5.41 Å². The van der Waals surface area contributed by atoms with Crippen LogP contribution in [0.3, 0.4) is 0 Å². The van der Waals surface area contributed by atoms with Gasteiger partial charge in [0.1, 0.15) is 0 Å². The van der Waals surface area contributed by atoms with Crippen molar-refractivity contribution >= 4 is 17.5 Å². The Labute approximate surface area is 147 Å². The summed E-state index contributed by atoms with van der Waals surface area (Å²) >= 11 is 5.91. The van der Waals surface area contributed by atoms with Crippen molar-refractivity contribution < 1.29 is 9.32 Å². The Morgan fingerprint density at radius 1 is 1.29 bits per heavy atom. The molecule has 0 spiro atoms. The number of nitrogens with zero attached hydrogens (tertiary/aromatic N) is 3. The van der Waals surface area contributed by atoms with Gasteiger partial charge in [0.25, 0.3) is 0 Å². The minimum Gasteiger partial charge on any atom is -0.342 e. The molecule has 2 aromatic rings. The van der Waals surface area contributed by atoms with E-state index in [4.69, 9.17) is 16.1 Å². The summed E-state index contributed by atoms with van der Waals surface area (Å²) in [5.41, 5.74) is 0.434. The molecule has 5 nitrogen and oxygen atoms in total. The number of carbonyl (C=O) groups is 1. The predicted octanol–water partition coefficient (Wildman–Crippen LogP) is 3.71. The number of halogens is 1. The number of likely N-dealkylation sites (tertiary alicyclic amines) is 1. The van der Waals surface area contributed by atoms with Crippen LogP contribution >= 0.6 is 11.6 Å². The third-order valence-electron chi connectivity index (χ3n) is 4.52. The number of benzene rings is 1. The van der Waals surface area contributed by atoms with Gasteiger partial charge >= 0.3 is 0 Å². The molecule has 24 heavy (non-hydrogen) atoms. The first-order valence-electron chi connectivity index (χ1n) is 8.25. The highest BCUT2D eigenvalue weighted by molar-refractivity contribution is 6.19. The topological polar surface area (TPSA) is 59.2 Å². The summed E-state index contributed by atoms with van der Waals surface area (Å²) in [6.45, 7) is 5.18. The Morgan fingerprint density at radius 3 is 2.58 bits per heavy atom. The molecule has 1 aromatic carbocycles. The first kappa shape index (κ1) is 17.0. The van der Waals surface area contributed by atoms with Crippen molar-refractivity contribution in [2.45, 2.75) is 32.6 Å². The standard InChI is InChI=1S/C18H22ClN3O2/c1-18(2,12-19)17(23)22-10-8-14(9-11-22)16-20-15(21-24-16)13-6-4-3-5-7-13/h3-7,14H,8-12H2,1-2H3. The molecule has 0 saturated carbocycles. The Hall–Kier alpha value is -1.88. The van der Waals surface area contributed by atoms with E-state index >= 15 is 0 Å². The Morgan fingerprint density at radius 2 is 1.96 bits per heavy atom. The summed E-state index contributed by atoms with van der Waals surface area (Å²) in [5.74, 6) is 1.94. The smallest absolute Gasteiger partial charge is 0.230 e. The van der Waals surface area contributed by atoms with Gasteiger partial charge in [-0.3, -0.25) is 4.79 Å². The normalized spacial score (nSPS) is 16.4. The highest BCUT2D eigenvalue weighted by Crippen LogP contribution is 2.30. The van der Waals surface area contributed by atoms with E-state index in [1.807, 2.05) is 49.1 Å². The number of piperidine rings is 1. The van der Waals surface area contributed by atoms with Crippen LogP contribution in [0.2, 0.25) is 0 Å². The average molecular weight is 348 g/mol. The van der Waals surface area contributed by atoms with Gasteiger partial charge in [-0.1, -0.05) is 35.5 Å². The summed E-state index contributed by atoms with van der Waals surface area (Å²) in [4.78, 5) is 18.9. The van der Waals surface area contributed by atoms with Crippen LogP contribution in [0.15, 0.2) is 34.9 Å². The van der Waals surface area contributed by atoms with Crippen LogP contribution in [0.4, 0.5) is 0 Å². The molecule has 1 saturated heterocycles. The van der Waals surface area contributed by atoms with Crippen LogP contribution in [-0.4, -0.2) is 39.9 Å². The lowest BCUT2D eigenvalue weighted by atomic mass is 9.91. The number of rotatable bonds is 4. The molecule has 2 heterocycles. The zero-order valence-electron chi connectivity index (χ0n) is 14.0. The molecular formula is C18H22ClN3O2. The molecule has 1 amide bonds. The Kier molecular flexibility index (Phi) is 4.90. The van der Waals surface area contributed by atoms with Crippen LogP contribution in [0.25, 0.3) is 11.4 Å². The molecule has 0 atom stereocenters. The van der Waals surface area contributed by atoms with Crippen LogP contribution in [0.1, 0.15) is 38.5 Å². The number of hydrogen-bond acceptors (Lipinski definition) is 4. The van der Waals surface area contributed by atoms with Crippen molar-refractivity contribution in [2.24, 2.45) is 5.41 Å². The van der Waals surface area contributed by atoms with E-state index in [1.165, 1.54) is 0 Å². The van der Waals surface area contributed by atoms with Crippen molar-refractivity contribution in [3.8, 4) is 11.4 Å². The fraction of sp³-hybridized carbons (Fsp3) is 0.500. The quantitative estimate of drug-likeness (QED) is 0.791. The summed E-state index contributed by atoms with van der Waals surface area (Å²) in [6.07, 6.45) is 1.67. The minimum atomic E-state index is -0.515. The minimum absolute atomic E-state index is 0.117. The van der Waals surface area contributed by atoms with E-state index in [0.29, 0.717) is 30.7 Å². The van der Waals surface area contributed by atoms with Gasteiger partial charge in [-0.2, -0.15) is 4.98 Å². The molecule has 1 aromatic heterocycles. The highest BCUT2D eigenvalue weighted by Gasteiger charge is 2.34. The third kappa shape index (κ3) is 3.46. The van der Waals surface area contributed by atoms with Crippen LogP contribution < -0.4 is 0 Å². The summed E-state index contributed by atoms with van der Waals surface area (Å²) in [7, 11) is 0. The molecule has 6 heteroatoms. The Bertz CT molecular complexity index is 691. The molecule has 0 bridgehead atoms. The van der Waals surface area contributed by atoms with Gasteiger partial charge in [0.15, 0.2) is 0 Å². The average Bonchev–Trinajstić information content (AvgIpc) is 3.12. The lowest BCUT2D eigenvalue weighted by Gasteiger charge is -2.35. The summed E-state index contributed by atoms with van der Waals surface area (Å²) in [5, 5.41) is 4.08. The SMILES string of the molecule is CC(C)(CCl)C(=O)N1CCC(c2nc(-c3ccccc3)no2)CC1. The lowest BCUT2D eigenvalue weighted by molar-refractivity contribution is -0.140. The fourth-order valence-electron chi connectivity index (χ4n) is 2.92. The fourth-order valence-corrected chi connectivity index (χ4v) is 3.03. The van der Waals surface area contributed by atoms with Crippen molar-refractivity contribution in [3.05, 3.63) is 36.2 Å². The third-order valence-corrected chi connectivity index (χ3v) is 5.19. The van der Waals surface area contributed by atoms with Gasteiger partial charge < -0.3 is 9.42 Å². The number of aromatic nitrogens is 2. The number of alkyl halides is 1. The zero-order valence-corrected chi connectivity index (χ0v) is 14.8. The van der Waals surface area contributed by atoms with Crippen molar-refractivity contribution in [3.63, 3.8) is 0 Å². The number of hydrogen-bond donors (Lipinski definition) is 0. The van der Waals surface area contributed by atoms with Crippen LogP contribution in [-0.2, 0) is 4.79 Å². The van der Waals surface area contributed by atoms with E-state index in [1.54, 1.807) is 0 Å². The molecular weight excluding hydrogens is 326 g/mol. The van der Waals surface area contributed by atoms with Crippen molar-refractivity contribution in [2.75, 3.05) is 19.0 Å². The second kappa shape index (κ2) is 6.93. The van der Waals surface area contributed by atoms with Crippen LogP contribution in [0.5, 0.6) is 0 Å². The number of amides is 1. The van der Waals surface area contributed by atoms with E-state index in [0.717, 1.165) is 18.4 Å². The van der Waals surface area contributed by atoms with Crippen molar-refractivity contribution in [1.29, 1.82) is 0 Å². The predicted molar refractivity (Wildman–Crippen MR) is 92.8 cm³/mol.